The first kappa shape index (κ1) is 13.3. The van der Waals surface area contributed by atoms with Crippen LogP contribution in [0.1, 0.15) is 23.7 Å². The predicted molar refractivity (Wildman–Crippen MR) is 76.0 cm³/mol. The fourth-order valence-electron chi connectivity index (χ4n) is 2.63. The average Bonchev–Trinajstić information content (AvgIpc) is 3.07. The van der Waals surface area contributed by atoms with Crippen molar-refractivity contribution in [2.24, 2.45) is 0 Å². The molecule has 1 atom stereocenters. The van der Waals surface area contributed by atoms with Crippen molar-refractivity contribution in [2.75, 3.05) is 13.1 Å². The molecule has 0 bridgehead atoms. The fourth-order valence-corrected chi connectivity index (χ4v) is 2.63. The number of hydrogen-bond acceptors (Lipinski definition) is 5. The minimum absolute atomic E-state index is 0.505. The molecule has 20 heavy (non-hydrogen) atoms. The molecule has 1 aliphatic rings. The van der Waals surface area contributed by atoms with Crippen molar-refractivity contribution in [3.05, 3.63) is 47.6 Å². The van der Waals surface area contributed by atoms with Crippen LogP contribution in [0.25, 0.3) is 0 Å². The minimum atomic E-state index is 0.505. The van der Waals surface area contributed by atoms with Crippen molar-refractivity contribution in [1.29, 1.82) is 0 Å². The summed E-state index contributed by atoms with van der Waals surface area (Å²) in [6.45, 7) is 5.73. The van der Waals surface area contributed by atoms with Gasteiger partial charge in [-0.15, -0.1) is 0 Å². The van der Waals surface area contributed by atoms with E-state index in [0.717, 1.165) is 19.6 Å². The van der Waals surface area contributed by atoms with Gasteiger partial charge >= 0.3 is 0 Å². The standard InChI is InChI=1S/C15H20N4O/c1-12-17-15(20-18-12)9-16-14-7-8-19(11-14)10-13-5-3-2-4-6-13/h2-6,14,16H,7-11H2,1H3. The molecule has 0 spiro atoms. The highest BCUT2D eigenvalue weighted by Crippen LogP contribution is 2.13. The number of hydrogen-bond donors (Lipinski definition) is 1. The van der Waals surface area contributed by atoms with E-state index in [4.69, 9.17) is 4.52 Å². The Hall–Kier alpha value is -1.72. The Labute approximate surface area is 119 Å². The molecule has 5 heteroatoms. The van der Waals surface area contributed by atoms with Crippen LogP contribution in [0.15, 0.2) is 34.9 Å². The average molecular weight is 272 g/mol. The van der Waals surface area contributed by atoms with Gasteiger partial charge in [0.2, 0.25) is 5.89 Å². The van der Waals surface area contributed by atoms with Gasteiger partial charge < -0.3 is 9.84 Å². The van der Waals surface area contributed by atoms with Crippen molar-refractivity contribution >= 4 is 0 Å². The van der Waals surface area contributed by atoms with E-state index in [1.807, 2.05) is 6.92 Å². The van der Waals surface area contributed by atoms with Crippen LogP contribution >= 0.6 is 0 Å². The van der Waals surface area contributed by atoms with E-state index in [0.29, 0.717) is 24.3 Å². The summed E-state index contributed by atoms with van der Waals surface area (Å²) in [5.41, 5.74) is 1.38. The van der Waals surface area contributed by atoms with Crippen molar-refractivity contribution in [3.8, 4) is 0 Å². The summed E-state index contributed by atoms with van der Waals surface area (Å²) < 4.78 is 5.11. The smallest absolute Gasteiger partial charge is 0.240 e. The van der Waals surface area contributed by atoms with Gasteiger partial charge in [-0.1, -0.05) is 35.5 Å². The molecule has 1 N–H and O–H groups in total. The summed E-state index contributed by atoms with van der Waals surface area (Å²) >= 11 is 0. The highest BCUT2D eigenvalue weighted by molar-refractivity contribution is 5.14. The molecule has 2 aromatic rings. The Morgan fingerprint density at radius 3 is 2.95 bits per heavy atom. The summed E-state index contributed by atoms with van der Waals surface area (Å²) in [6, 6.07) is 11.1. The molecule has 0 aliphatic carbocycles. The maximum atomic E-state index is 5.11. The van der Waals surface area contributed by atoms with Gasteiger partial charge in [-0.2, -0.15) is 4.98 Å². The SMILES string of the molecule is Cc1noc(CNC2CCN(Cc3ccccc3)C2)n1. The predicted octanol–water partition coefficient (Wildman–Crippen LogP) is 1.74. The summed E-state index contributed by atoms with van der Waals surface area (Å²) in [4.78, 5) is 6.68. The van der Waals surface area contributed by atoms with E-state index in [9.17, 15) is 0 Å². The lowest BCUT2D eigenvalue weighted by Crippen LogP contribution is -2.32. The molecule has 0 saturated carbocycles. The second kappa shape index (κ2) is 6.15. The summed E-state index contributed by atoms with van der Waals surface area (Å²) in [7, 11) is 0. The molecule has 1 aliphatic heterocycles. The number of aryl methyl sites for hydroxylation is 1. The molecular weight excluding hydrogens is 252 g/mol. The zero-order valence-electron chi connectivity index (χ0n) is 11.7. The molecule has 106 valence electrons. The van der Waals surface area contributed by atoms with Gasteiger partial charge in [0.15, 0.2) is 5.82 Å². The van der Waals surface area contributed by atoms with E-state index in [1.54, 1.807) is 0 Å². The molecular formula is C15H20N4O. The van der Waals surface area contributed by atoms with Crippen molar-refractivity contribution in [2.45, 2.75) is 32.5 Å². The van der Waals surface area contributed by atoms with Crippen LogP contribution < -0.4 is 5.32 Å². The number of rotatable bonds is 5. The fraction of sp³-hybridized carbons (Fsp3) is 0.467. The molecule has 3 rings (SSSR count). The first-order valence-electron chi connectivity index (χ1n) is 7.08. The minimum Gasteiger partial charge on any atom is -0.338 e. The van der Waals surface area contributed by atoms with Crippen molar-refractivity contribution < 1.29 is 4.52 Å². The first-order chi connectivity index (χ1) is 9.79. The van der Waals surface area contributed by atoms with E-state index >= 15 is 0 Å². The molecule has 5 nitrogen and oxygen atoms in total. The van der Waals surface area contributed by atoms with E-state index < -0.39 is 0 Å². The number of aromatic nitrogens is 2. The van der Waals surface area contributed by atoms with Gasteiger partial charge in [0.1, 0.15) is 0 Å². The normalized spacial score (nSPS) is 19.6. The molecule has 1 saturated heterocycles. The molecule has 1 aromatic heterocycles. The Bertz CT molecular complexity index is 540. The van der Waals surface area contributed by atoms with Crippen LogP contribution in [0.2, 0.25) is 0 Å². The quantitative estimate of drug-likeness (QED) is 0.898. The summed E-state index contributed by atoms with van der Waals surface area (Å²) in [5, 5.41) is 7.29. The molecule has 0 radical (unpaired) electrons. The van der Waals surface area contributed by atoms with E-state index in [2.05, 4.69) is 50.7 Å². The Balaban J connectivity index is 1.45. The highest BCUT2D eigenvalue weighted by Gasteiger charge is 2.22. The number of benzene rings is 1. The van der Waals surface area contributed by atoms with Gasteiger partial charge in [0.25, 0.3) is 0 Å². The van der Waals surface area contributed by atoms with Crippen LogP contribution in [0.3, 0.4) is 0 Å². The van der Waals surface area contributed by atoms with Crippen molar-refractivity contribution in [3.63, 3.8) is 0 Å². The molecule has 2 heterocycles. The lowest BCUT2D eigenvalue weighted by molar-refractivity contribution is 0.313. The second-order valence-corrected chi connectivity index (χ2v) is 5.32. The van der Waals surface area contributed by atoms with Crippen LogP contribution in [0, 0.1) is 6.92 Å². The van der Waals surface area contributed by atoms with Gasteiger partial charge in [-0.05, 0) is 18.9 Å². The number of nitrogens with zero attached hydrogens (tertiary/aromatic N) is 3. The Morgan fingerprint density at radius 2 is 2.20 bits per heavy atom. The van der Waals surface area contributed by atoms with Gasteiger partial charge in [-0.3, -0.25) is 4.90 Å². The van der Waals surface area contributed by atoms with Crippen LogP contribution in [-0.2, 0) is 13.1 Å². The lowest BCUT2D eigenvalue weighted by atomic mass is 10.2. The third-order valence-corrected chi connectivity index (χ3v) is 3.63. The molecule has 1 fully saturated rings. The third kappa shape index (κ3) is 3.43. The maximum absolute atomic E-state index is 5.11. The third-order valence-electron chi connectivity index (χ3n) is 3.63. The zero-order valence-corrected chi connectivity index (χ0v) is 11.7. The number of likely N-dealkylation sites (tertiary alicyclic amines) is 1. The van der Waals surface area contributed by atoms with Crippen LogP contribution in [0.5, 0.6) is 0 Å². The topological polar surface area (TPSA) is 54.2 Å². The zero-order chi connectivity index (χ0) is 13.8. The van der Waals surface area contributed by atoms with Gasteiger partial charge in [-0.25, -0.2) is 0 Å². The summed E-state index contributed by atoms with van der Waals surface area (Å²) in [6.07, 6.45) is 1.17. The van der Waals surface area contributed by atoms with Crippen molar-refractivity contribution in [1.82, 2.24) is 20.4 Å². The van der Waals surface area contributed by atoms with Gasteiger partial charge in [0, 0.05) is 25.7 Å². The largest absolute Gasteiger partial charge is 0.338 e. The lowest BCUT2D eigenvalue weighted by Gasteiger charge is -2.16. The Kier molecular flexibility index (Phi) is 4.08. The van der Waals surface area contributed by atoms with Gasteiger partial charge in [0.05, 0.1) is 6.54 Å². The highest BCUT2D eigenvalue weighted by atomic mass is 16.5. The Morgan fingerprint density at radius 1 is 1.35 bits per heavy atom. The van der Waals surface area contributed by atoms with E-state index in [-0.39, 0.29) is 0 Å². The second-order valence-electron chi connectivity index (χ2n) is 5.32. The number of nitrogens with one attached hydrogen (secondary N) is 1. The maximum Gasteiger partial charge on any atom is 0.240 e. The summed E-state index contributed by atoms with van der Waals surface area (Å²) in [5.74, 6) is 1.36. The van der Waals surface area contributed by atoms with Crippen LogP contribution in [-0.4, -0.2) is 34.2 Å². The first-order valence-corrected chi connectivity index (χ1v) is 7.08. The van der Waals surface area contributed by atoms with E-state index in [1.165, 1.54) is 12.0 Å². The monoisotopic (exact) mass is 272 g/mol. The van der Waals surface area contributed by atoms with Crippen LogP contribution in [0.4, 0.5) is 0 Å². The molecule has 1 aromatic carbocycles. The molecule has 0 amide bonds. The molecule has 1 unspecified atom stereocenters.